The van der Waals surface area contributed by atoms with Crippen molar-refractivity contribution >= 4 is 21.4 Å². The van der Waals surface area contributed by atoms with Gasteiger partial charge in [-0.3, -0.25) is 9.59 Å². The van der Waals surface area contributed by atoms with Gasteiger partial charge >= 0.3 is 5.62 Å². The highest BCUT2D eigenvalue weighted by Crippen LogP contribution is 2.15. The molecule has 0 saturated carbocycles. The molecule has 2 aromatic rings. The Labute approximate surface area is 135 Å². The maximum absolute atomic E-state index is 11.8. The minimum absolute atomic E-state index is 0.0627. The third-order valence-corrected chi connectivity index (χ3v) is 4.49. The molecule has 0 unspecified atom stereocenters. The van der Waals surface area contributed by atoms with Gasteiger partial charge in [0.1, 0.15) is 0 Å². The van der Waals surface area contributed by atoms with Crippen LogP contribution in [-0.4, -0.2) is 26.5 Å². The molecule has 1 amide bonds. The van der Waals surface area contributed by atoms with Crippen LogP contribution in [-0.2, 0) is 32.3 Å². The van der Waals surface area contributed by atoms with Gasteiger partial charge in [-0.15, -0.1) is 0 Å². The maximum Gasteiger partial charge on any atom is 0.333 e. The lowest BCUT2D eigenvalue weighted by atomic mass is 10.1. The van der Waals surface area contributed by atoms with E-state index in [0.29, 0.717) is 12.0 Å². The molecule has 6 heteroatoms. The minimum Gasteiger partial charge on any atom is -0.355 e. The number of carbonyl (C=O) groups is 1. The highest BCUT2D eigenvalue weighted by atomic mass is 32.2. The van der Waals surface area contributed by atoms with Crippen LogP contribution in [0.25, 0.3) is 0 Å². The van der Waals surface area contributed by atoms with Crippen LogP contribution < -0.4 is 5.32 Å². The number of sulfone groups is 1. The van der Waals surface area contributed by atoms with Crippen molar-refractivity contribution in [2.45, 2.75) is 17.7 Å². The van der Waals surface area contributed by atoms with Gasteiger partial charge in [0.05, 0.1) is 11.3 Å². The fourth-order valence-corrected chi connectivity index (χ4v) is 3.06. The van der Waals surface area contributed by atoms with E-state index in [4.69, 9.17) is 0 Å². The molecule has 2 rings (SSSR count). The van der Waals surface area contributed by atoms with Crippen molar-refractivity contribution in [2.75, 3.05) is 6.54 Å². The predicted octanol–water partition coefficient (Wildman–Crippen LogP) is 1.43. The summed E-state index contributed by atoms with van der Waals surface area (Å²) in [6, 6.07) is 15.5. The number of rotatable bonds is 7. The van der Waals surface area contributed by atoms with Crippen LogP contribution in [0.1, 0.15) is 11.1 Å². The summed E-state index contributed by atoms with van der Waals surface area (Å²) in [7, 11) is -4.05. The molecule has 119 valence electrons. The predicted molar refractivity (Wildman–Crippen MR) is 86.2 cm³/mol. The van der Waals surface area contributed by atoms with Crippen molar-refractivity contribution in [2.24, 2.45) is 0 Å². The Balaban J connectivity index is 1.95. The van der Waals surface area contributed by atoms with Crippen molar-refractivity contribution < 1.29 is 18.0 Å². The Morgan fingerprint density at radius 3 is 2.35 bits per heavy atom. The summed E-state index contributed by atoms with van der Waals surface area (Å²) < 4.78 is 23.3. The lowest BCUT2D eigenvalue weighted by molar-refractivity contribution is -0.120. The summed E-state index contributed by atoms with van der Waals surface area (Å²) in [6.07, 6.45) is 0.584. The summed E-state index contributed by atoms with van der Waals surface area (Å²) in [5, 5.41) is 2.74. The molecule has 0 spiro atoms. The van der Waals surface area contributed by atoms with Crippen LogP contribution in [0.15, 0.2) is 59.5 Å². The third-order valence-electron chi connectivity index (χ3n) is 3.30. The van der Waals surface area contributed by atoms with Gasteiger partial charge in [-0.1, -0.05) is 48.5 Å². The van der Waals surface area contributed by atoms with Crippen molar-refractivity contribution in [1.82, 2.24) is 5.32 Å². The van der Waals surface area contributed by atoms with Gasteiger partial charge < -0.3 is 5.32 Å². The third kappa shape index (κ3) is 4.75. The monoisotopic (exact) mass is 330 g/mol. The molecular weight excluding hydrogens is 314 g/mol. The Morgan fingerprint density at radius 2 is 1.65 bits per heavy atom. The first-order chi connectivity index (χ1) is 11.0. The molecule has 0 aliphatic rings. The topological polar surface area (TPSA) is 80.3 Å². The average molecular weight is 330 g/mol. The molecule has 1 radical (unpaired) electrons. The smallest absolute Gasteiger partial charge is 0.333 e. The van der Waals surface area contributed by atoms with Gasteiger partial charge in [-0.2, -0.15) is 0 Å². The van der Waals surface area contributed by atoms with E-state index in [1.54, 1.807) is 18.2 Å². The number of nitrogens with one attached hydrogen (secondary N) is 1. The number of hydrogen-bond acceptors (Lipinski definition) is 4. The van der Waals surface area contributed by atoms with Gasteiger partial charge in [-0.25, -0.2) is 8.42 Å². The van der Waals surface area contributed by atoms with E-state index in [0.717, 1.165) is 11.2 Å². The standard InChI is InChI=1S/C17H16NO4S/c19-13-23(21,22)16-9-5-4-8-15(16)10-11-18-17(20)12-14-6-2-1-3-7-14/h1-9H,10-12H2,(H,18,20). The number of carbonyl (C=O) groups excluding carboxylic acids is 2. The molecule has 0 aromatic heterocycles. The van der Waals surface area contributed by atoms with Gasteiger partial charge in [0.15, 0.2) is 0 Å². The number of benzene rings is 2. The lowest BCUT2D eigenvalue weighted by Crippen LogP contribution is -2.27. The Morgan fingerprint density at radius 1 is 1.00 bits per heavy atom. The molecule has 0 fully saturated rings. The molecule has 23 heavy (non-hydrogen) atoms. The second-order valence-corrected chi connectivity index (χ2v) is 6.57. The summed E-state index contributed by atoms with van der Waals surface area (Å²) in [5.41, 5.74) is 2.45. The lowest BCUT2D eigenvalue weighted by Gasteiger charge is -2.08. The van der Waals surface area contributed by atoms with Crippen LogP contribution in [0.5, 0.6) is 0 Å². The SMILES string of the molecule is O=[C]S(=O)(=O)c1ccccc1CCNC(=O)Cc1ccccc1. The molecule has 0 heterocycles. The van der Waals surface area contributed by atoms with E-state index in [9.17, 15) is 18.0 Å². The van der Waals surface area contributed by atoms with Crippen molar-refractivity contribution in [1.29, 1.82) is 0 Å². The van der Waals surface area contributed by atoms with Gasteiger partial charge in [0, 0.05) is 6.54 Å². The highest BCUT2D eigenvalue weighted by molar-refractivity contribution is 8.04. The van der Waals surface area contributed by atoms with Crippen molar-refractivity contribution in [3.8, 4) is 0 Å². The first-order valence-corrected chi connectivity index (χ1v) is 8.54. The van der Waals surface area contributed by atoms with Crippen LogP contribution in [0.2, 0.25) is 0 Å². The molecule has 0 aliphatic carbocycles. The van der Waals surface area contributed by atoms with Crippen LogP contribution in [0.4, 0.5) is 0 Å². The van der Waals surface area contributed by atoms with E-state index in [1.165, 1.54) is 6.07 Å². The Hall–Kier alpha value is -2.47. The van der Waals surface area contributed by atoms with E-state index in [-0.39, 0.29) is 23.8 Å². The molecule has 1 N–H and O–H groups in total. The second-order valence-electron chi connectivity index (χ2n) is 4.96. The van der Waals surface area contributed by atoms with Crippen LogP contribution in [0.3, 0.4) is 0 Å². The largest absolute Gasteiger partial charge is 0.355 e. The second kappa shape index (κ2) is 7.69. The first-order valence-electron chi connectivity index (χ1n) is 7.05. The highest BCUT2D eigenvalue weighted by Gasteiger charge is 2.18. The average Bonchev–Trinajstić information content (AvgIpc) is 2.56. The zero-order chi connectivity index (χ0) is 16.7. The van der Waals surface area contributed by atoms with Crippen LogP contribution in [0, 0.1) is 0 Å². The first kappa shape index (κ1) is 16.9. The normalized spacial score (nSPS) is 11.0. The number of hydrogen-bond donors (Lipinski definition) is 1. The summed E-state index contributed by atoms with van der Waals surface area (Å²) in [4.78, 5) is 22.4. The summed E-state index contributed by atoms with van der Waals surface area (Å²) >= 11 is 0. The fraction of sp³-hybridized carbons (Fsp3) is 0.176. The Kier molecular flexibility index (Phi) is 5.65. The van der Waals surface area contributed by atoms with E-state index in [1.807, 2.05) is 30.3 Å². The molecule has 0 aliphatic heterocycles. The molecule has 0 bridgehead atoms. The zero-order valence-electron chi connectivity index (χ0n) is 12.4. The maximum atomic E-state index is 11.8. The zero-order valence-corrected chi connectivity index (χ0v) is 13.2. The van der Waals surface area contributed by atoms with Crippen LogP contribution >= 0.6 is 0 Å². The molecule has 5 nitrogen and oxygen atoms in total. The fourth-order valence-electron chi connectivity index (χ4n) is 2.20. The molecule has 0 atom stereocenters. The van der Waals surface area contributed by atoms with Crippen molar-refractivity contribution in [3.05, 3.63) is 65.7 Å². The quantitative estimate of drug-likeness (QED) is 0.833. The summed E-state index contributed by atoms with van der Waals surface area (Å²) in [6.45, 7) is 0.289. The van der Waals surface area contributed by atoms with E-state index < -0.39 is 9.84 Å². The van der Waals surface area contributed by atoms with Crippen molar-refractivity contribution in [3.63, 3.8) is 0 Å². The Bertz CT molecular complexity index is 785. The van der Waals surface area contributed by atoms with Gasteiger partial charge in [0.25, 0.3) is 0 Å². The van der Waals surface area contributed by atoms with Gasteiger partial charge in [-0.05, 0) is 23.6 Å². The molecular formula is C17H16NO4S. The molecule has 2 aromatic carbocycles. The minimum atomic E-state index is -4.05. The van der Waals surface area contributed by atoms with Gasteiger partial charge in [0.2, 0.25) is 15.7 Å². The summed E-state index contributed by atoms with van der Waals surface area (Å²) in [5.74, 6) is -0.140. The number of amides is 1. The van der Waals surface area contributed by atoms with E-state index >= 15 is 0 Å². The molecule has 0 saturated heterocycles. The van der Waals surface area contributed by atoms with E-state index in [2.05, 4.69) is 5.32 Å².